The summed E-state index contributed by atoms with van der Waals surface area (Å²) in [5.74, 6) is 1.34. The molecular weight excluding hydrogens is 292 g/mol. The van der Waals surface area contributed by atoms with Gasteiger partial charge in [0.05, 0.1) is 11.9 Å². The summed E-state index contributed by atoms with van der Waals surface area (Å²) < 4.78 is 10.2. The van der Waals surface area contributed by atoms with Crippen molar-refractivity contribution in [2.45, 2.75) is 18.9 Å². The molecule has 0 fully saturated rings. The molecule has 0 saturated heterocycles. The molecule has 2 heterocycles. The number of furan rings is 1. The molecule has 6 nitrogen and oxygen atoms in total. The number of hydrogen-bond donors (Lipinski definition) is 2. The van der Waals surface area contributed by atoms with E-state index in [0.29, 0.717) is 17.9 Å². The van der Waals surface area contributed by atoms with Gasteiger partial charge < -0.3 is 19.4 Å². The predicted octanol–water partition coefficient (Wildman–Crippen LogP) is 2.17. The predicted molar refractivity (Wildman–Crippen MR) is 80.2 cm³/mol. The van der Waals surface area contributed by atoms with E-state index in [-0.39, 0.29) is 18.1 Å². The number of rotatable bonds is 7. The van der Waals surface area contributed by atoms with Crippen molar-refractivity contribution >= 4 is 17.7 Å². The van der Waals surface area contributed by atoms with Crippen LogP contribution in [0.4, 0.5) is 0 Å². The van der Waals surface area contributed by atoms with Crippen molar-refractivity contribution in [3.05, 3.63) is 30.2 Å². The molecule has 2 rings (SSSR count). The third-order valence-corrected chi connectivity index (χ3v) is 3.59. The van der Waals surface area contributed by atoms with Crippen LogP contribution in [-0.4, -0.2) is 40.3 Å². The van der Waals surface area contributed by atoms with Gasteiger partial charge in [-0.3, -0.25) is 4.79 Å². The van der Waals surface area contributed by atoms with E-state index in [9.17, 15) is 9.90 Å². The smallest absolute Gasteiger partial charge is 0.273 e. The zero-order valence-electron chi connectivity index (χ0n) is 12.0. The summed E-state index contributed by atoms with van der Waals surface area (Å²) in [6, 6.07) is 4.95. The molecule has 21 heavy (non-hydrogen) atoms. The molecule has 0 aliphatic carbocycles. The molecule has 0 spiro atoms. The van der Waals surface area contributed by atoms with Crippen molar-refractivity contribution in [3.8, 4) is 11.5 Å². The van der Waals surface area contributed by atoms with Crippen molar-refractivity contribution in [1.82, 2.24) is 10.5 Å². The van der Waals surface area contributed by atoms with Crippen LogP contribution in [0, 0.1) is 0 Å². The van der Waals surface area contributed by atoms with Crippen LogP contribution in [0.1, 0.15) is 23.8 Å². The van der Waals surface area contributed by atoms with Gasteiger partial charge in [-0.15, -0.1) is 0 Å². The maximum absolute atomic E-state index is 12.0. The van der Waals surface area contributed by atoms with E-state index in [4.69, 9.17) is 8.94 Å². The molecule has 0 bridgehead atoms. The topological polar surface area (TPSA) is 88.5 Å². The van der Waals surface area contributed by atoms with Crippen LogP contribution in [0.5, 0.6) is 0 Å². The second kappa shape index (κ2) is 6.82. The van der Waals surface area contributed by atoms with Crippen LogP contribution in [0.2, 0.25) is 0 Å². The molecule has 0 aliphatic rings. The van der Waals surface area contributed by atoms with E-state index in [1.807, 2.05) is 6.26 Å². The quantitative estimate of drug-likeness (QED) is 0.815. The highest BCUT2D eigenvalue weighted by Crippen LogP contribution is 2.20. The third-order valence-electron chi connectivity index (χ3n) is 2.98. The summed E-state index contributed by atoms with van der Waals surface area (Å²) in [5.41, 5.74) is -0.784. The SMILES string of the molecule is CSCC[C@@](C)(O)CNC(=O)c1cc(-c2ccco2)on1. The Labute approximate surface area is 126 Å². The second-order valence-electron chi connectivity index (χ2n) is 4.98. The zero-order valence-corrected chi connectivity index (χ0v) is 12.8. The van der Waals surface area contributed by atoms with Gasteiger partial charge >= 0.3 is 0 Å². The largest absolute Gasteiger partial charge is 0.461 e. The molecule has 0 aromatic carbocycles. The number of nitrogens with zero attached hydrogens (tertiary/aromatic N) is 1. The van der Waals surface area contributed by atoms with Gasteiger partial charge in [0.2, 0.25) is 5.76 Å². The number of nitrogens with one attached hydrogen (secondary N) is 1. The lowest BCUT2D eigenvalue weighted by Gasteiger charge is -2.22. The van der Waals surface area contributed by atoms with Crippen LogP contribution in [0.25, 0.3) is 11.5 Å². The Morgan fingerprint density at radius 1 is 1.52 bits per heavy atom. The van der Waals surface area contributed by atoms with E-state index in [1.54, 1.807) is 30.8 Å². The average Bonchev–Trinajstić information content (AvgIpc) is 3.12. The summed E-state index contributed by atoms with van der Waals surface area (Å²) in [7, 11) is 0. The Morgan fingerprint density at radius 2 is 2.33 bits per heavy atom. The van der Waals surface area contributed by atoms with Crippen molar-refractivity contribution in [3.63, 3.8) is 0 Å². The Hall–Kier alpha value is -1.73. The molecule has 0 unspecified atom stereocenters. The van der Waals surface area contributed by atoms with Crippen molar-refractivity contribution in [2.24, 2.45) is 0 Å². The summed E-state index contributed by atoms with van der Waals surface area (Å²) in [6.45, 7) is 1.86. The van der Waals surface area contributed by atoms with Crippen molar-refractivity contribution < 1.29 is 18.8 Å². The van der Waals surface area contributed by atoms with Crippen LogP contribution in [0.15, 0.2) is 33.4 Å². The fourth-order valence-electron chi connectivity index (χ4n) is 1.69. The van der Waals surface area contributed by atoms with Gasteiger partial charge in [0, 0.05) is 12.6 Å². The van der Waals surface area contributed by atoms with Crippen molar-refractivity contribution in [1.29, 1.82) is 0 Å². The van der Waals surface area contributed by atoms with Gasteiger partial charge in [0.1, 0.15) is 0 Å². The molecule has 1 amide bonds. The molecule has 114 valence electrons. The lowest BCUT2D eigenvalue weighted by atomic mass is 10.0. The number of hydrogen-bond acceptors (Lipinski definition) is 6. The molecule has 2 aromatic rings. The van der Waals surface area contributed by atoms with Gasteiger partial charge in [-0.2, -0.15) is 11.8 Å². The first kappa shape index (κ1) is 15.7. The Balaban J connectivity index is 1.92. The maximum Gasteiger partial charge on any atom is 0.273 e. The molecule has 7 heteroatoms. The van der Waals surface area contributed by atoms with E-state index in [0.717, 1.165) is 5.75 Å². The highest BCUT2D eigenvalue weighted by atomic mass is 32.2. The standard InChI is InChI=1S/C14H18N2O4S/c1-14(18,5-7-21-2)9-15-13(17)10-8-12(20-16-10)11-4-3-6-19-11/h3-4,6,8,18H,5,7,9H2,1-2H3,(H,15,17)/t14-/m1/s1. The normalized spacial score (nSPS) is 13.9. The first-order chi connectivity index (χ1) is 10.0. The number of aromatic nitrogens is 1. The number of carbonyl (C=O) groups excluding carboxylic acids is 1. The molecule has 2 aromatic heterocycles. The van der Waals surface area contributed by atoms with Crippen molar-refractivity contribution in [2.75, 3.05) is 18.6 Å². The molecule has 0 aliphatic heterocycles. The van der Waals surface area contributed by atoms with Gasteiger partial charge in [-0.05, 0) is 37.5 Å². The van der Waals surface area contributed by atoms with Gasteiger partial charge in [-0.25, -0.2) is 0 Å². The molecule has 0 saturated carbocycles. The number of carbonyl (C=O) groups is 1. The highest BCUT2D eigenvalue weighted by molar-refractivity contribution is 7.98. The van der Waals surface area contributed by atoms with Crippen LogP contribution in [-0.2, 0) is 0 Å². The van der Waals surface area contributed by atoms with Gasteiger partial charge in [0.25, 0.3) is 5.91 Å². The summed E-state index contributed by atoms with van der Waals surface area (Å²) in [6.07, 6.45) is 4.09. The van der Waals surface area contributed by atoms with Crippen LogP contribution < -0.4 is 5.32 Å². The third kappa shape index (κ3) is 4.37. The van der Waals surface area contributed by atoms with Gasteiger partial charge in [0.15, 0.2) is 11.5 Å². The molecule has 1 atom stereocenters. The maximum atomic E-state index is 12.0. The minimum atomic E-state index is -0.938. The fourth-order valence-corrected chi connectivity index (χ4v) is 2.33. The van der Waals surface area contributed by atoms with Crippen LogP contribution in [0.3, 0.4) is 0 Å². The molecular formula is C14H18N2O4S. The van der Waals surface area contributed by atoms with E-state index in [2.05, 4.69) is 10.5 Å². The van der Waals surface area contributed by atoms with Gasteiger partial charge in [-0.1, -0.05) is 5.16 Å². The van der Waals surface area contributed by atoms with E-state index >= 15 is 0 Å². The number of thioether (sulfide) groups is 1. The molecule has 0 radical (unpaired) electrons. The lowest BCUT2D eigenvalue weighted by molar-refractivity contribution is 0.0526. The number of amides is 1. The Morgan fingerprint density at radius 3 is 3.00 bits per heavy atom. The Bertz CT molecular complexity index is 578. The fraction of sp³-hybridized carbons (Fsp3) is 0.429. The summed E-state index contributed by atoms with van der Waals surface area (Å²) >= 11 is 1.65. The van der Waals surface area contributed by atoms with E-state index < -0.39 is 5.60 Å². The second-order valence-corrected chi connectivity index (χ2v) is 5.96. The highest BCUT2D eigenvalue weighted by Gasteiger charge is 2.22. The average molecular weight is 310 g/mol. The Kier molecular flexibility index (Phi) is 5.08. The molecule has 2 N–H and O–H groups in total. The first-order valence-electron chi connectivity index (χ1n) is 6.52. The zero-order chi connectivity index (χ0) is 15.3. The van der Waals surface area contributed by atoms with Crippen LogP contribution >= 0.6 is 11.8 Å². The summed E-state index contributed by atoms with van der Waals surface area (Å²) in [4.78, 5) is 12.0. The van der Waals surface area contributed by atoms with E-state index in [1.165, 1.54) is 12.3 Å². The monoisotopic (exact) mass is 310 g/mol. The summed E-state index contributed by atoms with van der Waals surface area (Å²) in [5, 5.41) is 16.5. The minimum Gasteiger partial charge on any atom is -0.461 e. The lowest BCUT2D eigenvalue weighted by Crippen LogP contribution is -2.41. The number of aliphatic hydroxyl groups is 1. The minimum absolute atomic E-state index is 0.155. The first-order valence-corrected chi connectivity index (χ1v) is 7.91.